The van der Waals surface area contributed by atoms with Crippen molar-refractivity contribution in [1.29, 1.82) is 0 Å². The Labute approximate surface area is 269 Å². The van der Waals surface area contributed by atoms with Gasteiger partial charge in [0.25, 0.3) is 0 Å². The molecule has 0 aliphatic rings. The molecule has 11 aromatic rings. The number of fused-ring (bicyclic) bond motifs is 16. The summed E-state index contributed by atoms with van der Waals surface area (Å²) >= 11 is 5.82. The van der Waals surface area contributed by atoms with Crippen LogP contribution in [0.3, 0.4) is 0 Å². The largest absolute Gasteiger partial charge is 0.248 e. The Morgan fingerprint density at radius 2 is 0.933 bits per heavy atom. The van der Waals surface area contributed by atoms with Gasteiger partial charge in [0.15, 0.2) is 0 Å². The Bertz CT molecular complexity index is 2990. The zero-order valence-corrected chi connectivity index (χ0v) is 26.2. The lowest BCUT2D eigenvalue weighted by atomic mass is 9.93. The minimum absolute atomic E-state index is 1.03. The molecule has 0 saturated carbocycles. The van der Waals surface area contributed by atoms with Gasteiger partial charge in [0.05, 0.1) is 11.0 Å². The third-order valence-electron chi connectivity index (χ3n) is 9.43. The zero-order valence-electron chi connectivity index (χ0n) is 23.8. The van der Waals surface area contributed by atoms with E-state index in [4.69, 9.17) is 4.98 Å². The number of hydrogen-bond donors (Lipinski definition) is 0. The van der Waals surface area contributed by atoms with Crippen LogP contribution in [0.4, 0.5) is 0 Å². The number of hydrogen-bond acceptors (Lipinski definition) is 4. The fourth-order valence-electron chi connectivity index (χ4n) is 7.60. The van der Waals surface area contributed by atoms with Gasteiger partial charge >= 0.3 is 0 Å². The predicted octanol–water partition coefficient (Wildman–Crippen LogP) is 13.3. The van der Waals surface area contributed by atoms with Crippen LogP contribution in [0.1, 0.15) is 0 Å². The van der Waals surface area contributed by atoms with Gasteiger partial charge < -0.3 is 0 Å². The van der Waals surface area contributed by atoms with Crippen molar-refractivity contribution in [3.05, 3.63) is 127 Å². The van der Waals surface area contributed by atoms with E-state index in [0.29, 0.717) is 0 Å². The summed E-state index contributed by atoms with van der Waals surface area (Å²) < 4.78 is 8.17. The van der Waals surface area contributed by atoms with Crippen LogP contribution in [0.25, 0.3) is 104 Å². The predicted molar refractivity (Wildman–Crippen MR) is 201 cm³/mol. The quantitative estimate of drug-likeness (QED) is 0.166. The van der Waals surface area contributed by atoms with Crippen LogP contribution in [0, 0.1) is 0 Å². The second-order valence-corrected chi connectivity index (χ2v) is 14.9. The van der Waals surface area contributed by atoms with Crippen LogP contribution in [0.5, 0.6) is 0 Å². The molecule has 0 amide bonds. The Balaban J connectivity index is 1.43. The SMILES string of the molecule is c1ccc2c(-c3cccc4c3sc3c5c6ccccc6sc5c5ccc6sc7ccccc7c6c5c43)c3ccccc3nc2c1. The van der Waals surface area contributed by atoms with Crippen molar-refractivity contribution < 1.29 is 0 Å². The molecule has 0 saturated heterocycles. The summed E-state index contributed by atoms with van der Waals surface area (Å²) in [4.78, 5) is 5.06. The molecule has 208 valence electrons. The molecular formula is C41H21NS3. The standard InChI is InChI=1S/C41H21NS3/c1-5-16-29-22(10-1)34(23-11-2-6-17-30(23)42-29)26-14-9-15-27-37-36-28(20-21-33-35(36)24-12-3-7-18-31(24)43-33)40-38(41(37)45-39(26)27)25-13-4-8-19-32(25)44-40/h1-21H. The maximum Gasteiger partial charge on any atom is 0.0715 e. The van der Waals surface area contributed by atoms with Gasteiger partial charge in [-0.2, -0.15) is 0 Å². The number of para-hydroxylation sites is 2. The van der Waals surface area contributed by atoms with Crippen LogP contribution in [-0.2, 0) is 0 Å². The van der Waals surface area contributed by atoms with Crippen molar-refractivity contribution in [3.63, 3.8) is 0 Å². The molecule has 4 heteroatoms. The minimum Gasteiger partial charge on any atom is -0.248 e. The van der Waals surface area contributed by atoms with E-state index in [9.17, 15) is 0 Å². The topological polar surface area (TPSA) is 12.9 Å². The summed E-state index contributed by atoms with van der Waals surface area (Å²) in [5.41, 5.74) is 4.63. The molecular weight excluding hydrogens is 603 g/mol. The minimum atomic E-state index is 1.03. The molecule has 0 radical (unpaired) electrons. The number of rotatable bonds is 1. The molecule has 0 fully saturated rings. The van der Waals surface area contributed by atoms with Gasteiger partial charge in [0, 0.05) is 93.2 Å². The Hall–Kier alpha value is -4.87. The maximum atomic E-state index is 5.06. The maximum absolute atomic E-state index is 5.06. The molecule has 45 heavy (non-hydrogen) atoms. The van der Waals surface area contributed by atoms with Crippen molar-refractivity contribution in [2.45, 2.75) is 0 Å². The van der Waals surface area contributed by atoms with Crippen LogP contribution in [0.2, 0.25) is 0 Å². The molecule has 0 N–H and O–H groups in total. The molecule has 0 aliphatic heterocycles. The summed E-state index contributed by atoms with van der Waals surface area (Å²) in [5.74, 6) is 0. The monoisotopic (exact) mass is 623 g/mol. The summed E-state index contributed by atoms with van der Waals surface area (Å²) in [6, 6.07) is 46.8. The number of pyridine rings is 1. The molecule has 4 heterocycles. The summed E-state index contributed by atoms with van der Waals surface area (Å²) in [7, 11) is 0. The van der Waals surface area contributed by atoms with Gasteiger partial charge in [0.1, 0.15) is 0 Å². The van der Waals surface area contributed by atoms with Gasteiger partial charge in [-0.1, -0.05) is 97.1 Å². The van der Waals surface area contributed by atoms with Gasteiger partial charge in [-0.05, 0) is 30.3 Å². The molecule has 0 atom stereocenters. The van der Waals surface area contributed by atoms with Crippen molar-refractivity contribution in [3.8, 4) is 11.1 Å². The van der Waals surface area contributed by atoms with Crippen molar-refractivity contribution >= 4 is 127 Å². The van der Waals surface area contributed by atoms with Gasteiger partial charge in [-0.15, -0.1) is 34.0 Å². The molecule has 0 spiro atoms. The first-order valence-electron chi connectivity index (χ1n) is 15.1. The fourth-order valence-corrected chi connectivity index (χ4v) is 11.4. The lowest BCUT2D eigenvalue weighted by Crippen LogP contribution is -1.89. The van der Waals surface area contributed by atoms with Crippen LogP contribution in [-0.4, -0.2) is 4.98 Å². The Morgan fingerprint density at radius 1 is 0.333 bits per heavy atom. The first-order chi connectivity index (χ1) is 22.3. The van der Waals surface area contributed by atoms with Crippen LogP contribution < -0.4 is 0 Å². The highest BCUT2D eigenvalue weighted by atomic mass is 32.1. The average Bonchev–Trinajstić information content (AvgIpc) is 3.78. The van der Waals surface area contributed by atoms with E-state index in [1.165, 1.54) is 93.2 Å². The number of benzene rings is 7. The second-order valence-electron chi connectivity index (χ2n) is 11.8. The second kappa shape index (κ2) is 8.86. The first-order valence-corrected chi connectivity index (χ1v) is 17.6. The third kappa shape index (κ3) is 3.19. The highest BCUT2D eigenvalue weighted by Crippen LogP contribution is 2.54. The van der Waals surface area contributed by atoms with E-state index in [0.717, 1.165) is 11.0 Å². The van der Waals surface area contributed by atoms with Gasteiger partial charge in [0.2, 0.25) is 0 Å². The molecule has 7 aromatic carbocycles. The van der Waals surface area contributed by atoms with Crippen molar-refractivity contribution in [2.75, 3.05) is 0 Å². The normalized spacial score (nSPS) is 12.4. The zero-order chi connectivity index (χ0) is 29.2. The third-order valence-corrected chi connectivity index (χ3v) is 13.0. The van der Waals surface area contributed by atoms with Crippen molar-refractivity contribution in [1.82, 2.24) is 4.98 Å². The average molecular weight is 624 g/mol. The van der Waals surface area contributed by atoms with Crippen LogP contribution in [0.15, 0.2) is 127 Å². The molecule has 0 bridgehead atoms. The smallest absolute Gasteiger partial charge is 0.0715 e. The lowest BCUT2D eigenvalue weighted by Gasteiger charge is -2.12. The first kappa shape index (κ1) is 24.5. The van der Waals surface area contributed by atoms with E-state index in [2.05, 4.69) is 127 Å². The molecule has 0 aliphatic carbocycles. The highest BCUT2D eigenvalue weighted by molar-refractivity contribution is 7.31. The highest BCUT2D eigenvalue weighted by Gasteiger charge is 2.23. The van der Waals surface area contributed by atoms with E-state index in [-0.39, 0.29) is 0 Å². The van der Waals surface area contributed by atoms with Gasteiger partial charge in [-0.25, -0.2) is 4.98 Å². The summed E-state index contributed by atoms with van der Waals surface area (Å²) in [6.45, 7) is 0. The van der Waals surface area contributed by atoms with Crippen molar-refractivity contribution in [2.24, 2.45) is 0 Å². The Kier molecular flexibility index (Phi) is 4.81. The molecule has 11 rings (SSSR count). The Morgan fingerprint density at radius 3 is 1.69 bits per heavy atom. The number of nitrogens with zero attached hydrogens (tertiary/aromatic N) is 1. The lowest BCUT2D eigenvalue weighted by molar-refractivity contribution is 1.50. The molecule has 0 unspecified atom stereocenters. The molecule has 1 nitrogen and oxygen atoms in total. The van der Waals surface area contributed by atoms with E-state index < -0.39 is 0 Å². The summed E-state index contributed by atoms with van der Waals surface area (Å²) in [6.07, 6.45) is 0. The van der Waals surface area contributed by atoms with E-state index in [1.807, 2.05) is 34.0 Å². The summed E-state index contributed by atoms with van der Waals surface area (Å²) in [5, 5.41) is 13.4. The van der Waals surface area contributed by atoms with Crippen LogP contribution >= 0.6 is 34.0 Å². The fraction of sp³-hybridized carbons (Fsp3) is 0. The van der Waals surface area contributed by atoms with Gasteiger partial charge in [-0.3, -0.25) is 0 Å². The van der Waals surface area contributed by atoms with E-state index in [1.54, 1.807) is 0 Å². The number of aromatic nitrogens is 1. The van der Waals surface area contributed by atoms with E-state index >= 15 is 0 Å². The molecule has 4 aromatic heterocycles. The number of thiophene rings is 3.